The van der Waals surface area contributed by atoms with Gasteiger partial charge in [-0.3, -0.25) is 4.55 Å². The molecular formula is C11H16O3S. The first kappa shape index (κ1) is 12.2. The third-order valence-electron chi connectivity index (χ3n) is 2.16. The summed E-state index contributed by atoms with van der Waals surface area (Å²) in [6.45, 7) is 3.81. The summed E-state index contributed by atoms with van der Waals surface area (Å²) in [5.41, 5.74) is 2.26. The summed E-state index contributed by atoms with van der Waals surface area (Å²) in [6.07, 6.45) is 0.668. The fourth-order valence-electron chi connectivity index (χ4n) is 1.66. The van der Waals surface area contributed by atoms with Crippen LogP contribution in [0.2, 0.25) is 0 Å². The maximum Gasteiger partial charge on any atom is 0.265 e. The molecule has 4 heteroatoms. The second-order valence-corrected chi connectivity index (χ2v) is 5.54. The maximum absolute atomic E-state index is 10.7. The molecule has 0 fully saturated rings. The summed E-state index contributed by atoms with van der Waals surface area (Å²) in [5, 5.41) is 0. The van der Waals surface area contributed by atoms with E-state index in [9.17, 15) is 8.42 Å². The minimum absolute atomic E-state index is 0.0678. The Balaban J connectivity index is 2.63. The molecule has 1 N–H and O–H groups in total. The third kappa shape index (κ3) is 4.95. The van der Waals surface area contributed by atoms with Gasteiger partial charge in [-0.05, 0) is 24.8 Å². The predicted octanol–water partition coefficient (Wildman–Crippen LogP) is 2.06. The van der Waals surface area contributed by atoms with Crippen molar-refractivity contribution in [3.63, 3.8) is 0 Å². The number of hydrogen-bond acceptors (Lipinski definition) is 2. The molecule has 3 nitrogen and oxygen atoms in total. The number of hydrogen-bond donors (Lipinski definition) is 1. The first-order chi connectivity index (χ1) is 6.87. The van der Waals surface area contributed by atoms with Crippen LogP contribution in [0, 0.1) is 12.8 Å². The molecule has 1 atom stereocenters. The minimum atomic E-state index is -3.85. The van der Waals surface area contributed by atoms with Crippen molar-refractivity contribution >= 4 is 10.1 Å². The molecule has 0 saturated carbocycles. The highest BCUT2D eigenvalue weighted by atomic mass is 32.2. The fourth-order valence-corrected chi connectivity index (χ4v) is 2.50. The summed E-state index contributed by atoms with van der Waals surface area (Å²) in [4.78, 5) is 0. The summed E-state index contributed by atoms with van der Waals surface area (Å²) in [7, 11) is -3.85. The molecule has 0 aliphatic heterocycles. The van der Waals surface area contributed by atoms with Gasteiger partial charge in [0, 0.05) is 0 Å². The van der Waals surface area contributed by atoms with Gasteiger partial charge in [-0.25, -0.2) is 0 Å². The van der Waals surface area contributed by atoms with Gasteiger partial charge >= 0.3 is 0 Å². The molecule has 0 bridgehead atoms. The monoisotopic (exact) mass is 228 g/mol. The molecule has 0 aliphatic rings. The van der Waals surface area contributed by atoms with E-state index >= 15 is 0 Å². The van der Waals surface area contributed by atoms with E-state index in [4.69, 9.17) is 4.55 Å². The van der Waals surface area contributed by atoms with Crippen LogP contribution in [0.25, 0.3) is 0 Å². The van der Waals surface area contributed by atoms with E-state index in [0.29, 0.717) is 6.42 Å². The molecule has 15 heavy (non-hydrogen) atoms. The molecule has 0 spiro atoms. The van der Waals surface area contributed by atoms with Crippen molar-refractivity contribution in [3.05, 3.63) is 35.4 Å². The summed E-state index contributed by atoms with van der Waals surface area (Å²) < 4.78 is 30.0. The lowest BCUT2D eigenvalue weighted by atomic mass is 10.0. The predicted molar refractivity (Wildman–Crippen MR) is 60.5 cm³/mol. The fraction of sp³-hybridized carbons (Fsp3) is 0.455. The van der Waals surface area contributed by atoms with Gasteiger partial charge in [0.2, 0.25) is 0 Å². The highest BCUT2D eigenvalue weighted by Gasteiger charge is 2.12. The molecule has 1 unspecified atom stereocenters. The van der Waals surface area contributed by atoms with E-state index in [1.54, 1.807) is 0 Å². The standard InChI is InChI=1S/C11H16O3S/c1-9-4-3-5-11(6-9)7-10(2)8-15(12,13)14/h3-6,10H,7-8H2,1-2H3,(H,12,13,14). The van der Waals surface area contributed by atoms with E-state index in [0.717, 1.165) is 11.1 Å². The van der Waals surface area contributed by atoms with Gasteiger partial charge in [-0.1, -0.05) is 36.8 Å². The molecule has 0 heterocycles. The summed E-state index contributed by atoms with van der Waals surface area (Å²) >= 11 is 0. The van der Waals surface area contributed by atoms with Gasteiger partial charge in [0.1, 0.15) is 0 Å². The van der Waals surface area contributed by atoms with Crippen LogP contribution in [0.15, 0.2) is 24.3 Å². The lowest BCUT2D eigenvalue weighted by Crippen LogP contribution is -2.14. The van der Waals surface area contributed by atoms with Crippen molar-refractivity contribution in [2.24, 2.45) is 5.92 Å². The van der Waals surface area contributed by atoms with Crippen LogP contribution in [0.5, 0.6) is 0 Å². The first-order valence-electron chi connectivity index (χ1n) is 4.87. The summed E-state index contributed by atoms with van der Waals surface area (Å²) in [6, 6.07) is 7.94. The van der Waals surface area contributed by atoms with Crippen LogP contribution in [0.3, 0.4) is 0 Å². The largest absolute Gasteiger partial charge is 0.286 e. The van der Waals surface area contributed by atoms with Crippen LogP contribution in [0.1, 0.15) is 18.1 Å². The van der Waals surface area contributed by atoms with Crippen molar-refractivity contribution in [2.45, 2.75) is 20.3 Å². The molecule has 1 rings (SSSR count). The van der Waals surface area contributed by atoms with Gasteiger partial charge < -0.3 is 0 Å². The van der Waals surface area contributed by atoms with Crippen molar-refractivity contribution in [1.29, 1.82) is 0 Å². The smallest absolute Gasteiger partial charge is 0.265 e. The Morgan fingerprint density at radius 2 is 2.07 bits per heavy atom. The van der Waals surface area contributed by atoms with Crippen molar-refractivity contribution in [3.8, 4) is 0 Å². The van der Waals surface area contributed by atoms with Gasteiger partial charge in [-0.2, -0.15) is 8.42 Å². The molecule has 0 radical (unpaired) electrons. The van der Waals surface area contributed by atoms with Crippen LogP contribution in [-0.4, -0.2) is 18.7 Å². The molecule has 84 valence electrons. The number of benzene rings is 1. The van der Waals surface area contributed by atoms with Gasteiger partial charge in [0.25, 0.3) is 10.1 Å². The Kier molecular flexibility index (Phi) is 3.88. The SMILES string of the molecule is Cc1cccc(CC(C)CS(=O)(=O)O)c1. The number of aryl methyl sites for hydroxylation is 1. The van der Waals surface area contributed by atoms with Gasteiger partial charge in [-0.15, -0.1) is 0 Å². The summed E-state index contributed by atoms with van der Waals surface area (Å²) in [5.74, 6) is -0.247. The van der Waals surface area contributed by atoms with E-state index in [1.807, 2.05) is 38.1 Å². The normalized spacial score (nSPS) is 13.8. The highest BCUT2D eigenvalue weighted by molar-refractivity contribution is 7.85. The topological polar surface area (TPSA) is 54.4 Å². The zero-order valence-corrected chi connectivity index (χ0v) is 9.79. The molecule has 0 aromatic heterocycles. The van der Waals surface area contributed by atoms with E-state index in [2.05, 4.69) is 0 Å². The average Bonchev–Trinajstić information content (AvgIpc) is 1.99. The Morgan fingerprint density at radius 3 is 2.60 bits per heavy atom. The lowest BCUT2D eigenvalue weighted by Gasteiger charge is -2.09. The van der Waals surface area contributed by atoms with Crippen LogP contribution in [0.4, 0.5) is 0 Å². The second-order valence-electron chi connectivity index (χ2n) is 4.05. The Hall–Kier alpha value is -0.870. The molecule has 0 aliphatic carbocycles. The number of rotatable bonds is 4. The minimum Gasteiger partial charge on any atom is -0.286 e. The maximum atomic E-state index is 10.7. The zero-order valence-electron chi connectivity index (χ0n) is 8.97. The highest BCUT2D eigenvalue weighted by Crippen LogP contribution is 2.11. The Morgan fingerprint density at radius 1 is 1.40 bits per heavy atom. The van der Waals surface area contributed by atoms with Crippen LogP contribution in [-0.2, 0) is 16.5 Å². The average molecular weight is 228 g/mol. The van der Waals surface area contributed by atoms with E-state index < -0.39 is 10.1 Å². The van der Waals surface area contributed by atoms with Crippen molar-refractivity contribution in [2.75, 3.05) is 5.75 Å². The Labute approximate surface area is 90.9 Å². The van der Waals surface area contributed by atoms with Gasteiger partial charge in [0.15, 0.2) is 0 Å². The zero-order chi connectivity index (χ0) is 11.5. The van der Waals surface area contributed by atoms with Gasteiger partial charge in [0.05, 0.1) is 5.75 Å². The Bertz CT molecular complexity index is 423. The molecular weight excluding hydrogens is 212 g/mol. The van der Waals surface area contributed by atoms with Crippen LogP contribution >= 0.6 is 0 Å². The van der Waals surface area contributed by atoms with E-state index in [1.165, 1.54) is 0 Å². The van der Waals surface area contributed by atoms with Crippen molar-refractivity contribution < 1.29 is 13.0 Å². The van der Waals surface area contributed by atoms with Crippen molar-refractivity contribution in [1.82, 2.24) is 0 Å². The van der Waals surface area contributed by atoms with Crippen LogP contribution < -0.4 is 0 Å². The molecule has 1 aromatic carbocycles. The molecule has 0 saturated heterocycles. The molecule has 1 aromatic rings. The lowest BCUT2D eigenvalue weighted by molar-refractivity contribution is 0.469. The first-order valence-corrected chi connectivity index (χ1v) is 6.48. The quantitative estimate of drug-likeness (QED) is 0.802. The van der Waals surface area contributed by atoms with E-state index in [-0.39, 0.29) is 11.7 Å². The third-order valence-corrected chi connectivity index (χ3v) is 3.15. The second kappa shape index (κ2) is 4.77. The molecule has 0 amide bonds.